The lowest BCUT2D eigenvalue weighted by atomic mass is 9.83. The highest BCUT2D eigenvalue weighted by atomic mass is 19.4. The zero-order valence-corrected chi connectivity index (χ0v) is 13.5. The molecule has 0 radical (unpaired) electrons. The van der Waals surface area contributed by atoms with E-state index in [4.69, 9.17) is 4.52 Å². The Kier molecular flexibility index (Phi) is 4.79. The van der Waals surface area contributed by atoms with Gasteiger partial charge in [-0.05, 0) is 39.4 Å². The van der Waals surface area contributed by atoms with Gasteiger partial charge >= 0.3 is 6.18 Å². The van der Waals surface area contributed by atoms with E-state index in [0.717, 1.165) is 12.1 Å². The van der Waals surface area contributed by atoms with Crippen molar-refractivity contribution in [3.63, 3.8) is 0 Å². The van der Waals surface area contributed by atoms with Crippen LogP contribution < -0.4 is 5.32 Å². The zero-order chi connectivity index (χ0) is 17.3. The van der Waals surface area contributed by atoms with E-state index in [0.29, 0.717) is 23.7 Å². The van der Waals surface area contributed by atoms with Crippen molar-refractivity contribution >= 4 is 0 Å². The number of benzene rings is 1. The molecule has 0 aliphatic heterocycles. The second-order valence-corrected chi connectivity index (χ2v) is 6.11. The van der Waals surface area contributed by atoms with Gasteiger partial charge in [-0.3, -0.25) is 0 Å². The quantitative estimate of drug-likeness (QED) is 0.912. The maximum Gasteiger partial charge on any atom is 0.416 e. The van der Waals surface area contributed by atoms with Gasteiger partial charge < -0.3 is 9.84 Å². The van der Waals surface area contributed by atoms with Gasteiger partial charge in [0, 0.05) is 12.5 Å². The third kappa shape index (κ3) is 3.90. The van der Waals surface area contributed by atoms with Gasteiger partial charge in [0.15, 0.2) is 5.82 Å². The van der Waals surface area contributed by atoms with Crippen LogP contribution in [0, 0.1) is 0 Å². The number of alkyl halides is 3. The van der Waals surface area contributed by atoms with Gasteiger partial charge in [-0.1, -0.05) is 23.4 Å². The summed E-state index contributed by atoms with van der Waals surface area (Å²) in [7, 11) is 1.83. The number of likely N-dealkylation sites (N-methyl/N-ethyl adjacent to an activating group) is 1. The highest BCUT2D eigenvalue weighted by Crippen LogP contribution is 2.35. The molecule has 0 amide bonds. The molecule has 126 valence electrons. The minimum atomic E-state index is -4.38. The average Bonchev–Trinajstić information content (AvgIpc) is 2.95. The minimum Gasteiger partial charge on any atom is -0.338 e. The van der Waals surface area contributed by atoms with Crippen LogP contribution in [0.4, 0.5) is 13.2 Å². The summed E-state index contributed by atoms with van der Waals surface area (Å²) in [6.07, 6.45) is -3.80. The van der Waals surface area contributed by atoms with Gasteiger partial charge in [-0.2, -0.15) is 18.2 Å². The van der Waals surface area contributed by atoms with E-state index in [1.54, 1.807) is 19.9 Å². The Morgan fingerprint density at radius 1 is 1.22 bits per heavy atom. The van der Waals surface area contributed by atoms with Crippen molar-refractivity contribution < 1.29 is 17.7 Å². The van der Waals surface area contributed by atoms with Crippen molar-refractivity contribution in [1.82, 2.24) is 15.5 Å². The lowest BCUT2D eigenvalue weighted by molar-refractivity contribution is -0.137. The summed E-state index contributed by atoms with van der Waals surface area (Å²) in [6, 6.07) is 5.38. The lowest BCUT2D eigenvalue weighted by Crippen LogP contribution is -2.24. The van der Waals surface area contributed by atoms with E-state index in [-0.39, 0.29) is 6.04 Å². The Bertz CT molecular complexity index is 665. The van der Waals surface area contributed by atoms with E-state index >= 15 is 0 Å². The van der Waals surface area contributed by atoms with E-state index in [1.165, 1.54) is 6.07 Å². The molecule has 1 aromatic heterocycles. The Morgan fingerprint density at radius 2 is 1.87 bits per heavy atom. The fourth-order valence-corrected chi connectivity index (χ4v) is 2.17. The maximum atomic E-state index is 12.9. The molecular weight excluding hydrogens is 307 g/mol. The largest absolute Gasteiger partial charge is 0.416 e. The Hall–Kier alpha value is -1.89. The molecule has 4 nitrogen and oxygen atoms in total. The smallest absolute Gasteiger partial charge is 0.338 e. The van der Waals surface area contributed by atoms with Gasteiger partial charge in [0.25, 0.3) is 0 Å². The molecule has 1 aromatic carbocycles. The normalized spacial score (nSPS) is 14.0. The molecule has 1 N–H and O–H groups in total. The average molecular weight is 327 g/mol. The van der Waals surface area contributed by atoms with Crippen LogP contribution >= 0.6 is 0 Å². The number of nitrogens with zero attached hydrogens (tertiary/aromatic N) is 2. The molecule has 0 bridgehead atoms. The predicted octanol–water partition coefficient (Wildman–Crippen LogP) is 3.56. The standard InChI is InChI=1S/C16H20F3N3O/c1-10(20-4)8-13-21-14(23-22-13)15(2,3)11-6-5-7-12(9-11)16(17,18)19/h5-7,9-10,20H,8H2,1-4H3. The second-order valence-electron chi connectivity index (χ2n) is 6.11. The summed E-state index contributed by atoms with van der Waals surface area (Å²) in [4.78, 5) is 4.34. The van der Waals surface area contributed by atoms with Crippen molar-refractivity contribution in [2.45, 2.75) is 44.8 Å². The Labute approximate surface area is 133 Å². The monoisotopic (exact) mass is 327 g/mol. The van der Waals surface area contributed by atoms with Crippen molar-refractivity contribution in [3.05, 3.63) is 47.1 Å². The molecule has 0 saturated carbocycles. The highest BCUT2D eigenvalue weighted by molar-refractivity contribution is 5.34. The molecule has 0 fully saturated rings. The van der Waals surface area contributed by atoms with Crippen LogP contribution in [-0.4, -0.2) is 23.2 Å². The summed E-state index contributed by atoms with van der Waals surface area (Å²) in [5.41, 5.74) is -1.02. The van der Waals surface area contributed by atoms with Gasteiger partial charge in [0.05, 0.1) is 11.0 Å². The van der Waals surface area contributed by atoms with Crippen molar-refractivity contribution in [1.29, 1.82) is 0 Å². The van der Waals surface area contributed by atoms with E-state index in [9.17, 15) is 13.2 Å². The highest BCUT2D eigenvalue weighted by Gasteiger charge is 2.34. The van der Waals surface area contributed by atoms with Crippen LogP contribution in [-0.2, 0) is 18.0 Å². The third-order valence-electron chi connectivity index (χ3n) is 3.90. The predicted molar refractivity (Wildman–Crippen MR) is 80.1 cm³/mol. The lowest BCUT2D eigenvalue weighted by Gasteiger charge is -2.21. The number of halogens is 3. The van der Waals surface area contributed by atoms with Gasteiger partial charge in [-0.25, -0.2) is 0 Å². The van der Waals surface area contributed by atoms with Crippen LogP contribution in [0.3, 0.4) is 0 Å². The first-order valence-electron chi connectivity index (χ1n) is 7.32. The molecule has 2 aromatic rings. The summed E-state index contributed by atoms with van der Waals surface area (Å²) < 4.78 is 43.9. The SMILES string of the molecule is CNC(C)Cc1noc(C(C)(C)c2cccc(C(F)(F)F)c2)n1. The van der Waals surface area contributed by atoms with Crippen molar-refractivity contribution in [2.75, 3.05) is 7.05 Å². The topological polar surface area (TPSA) is 51.0 Å². The first kappa shape index (κ1) is 17.5. The summed E-state index contributed by atoms with van der Waals surface area (Å²) >= 11 is 0. The van der Waals surface area contributed by atoms with E-state index < -0.39 is 17.2 Å². The molecule has 2 rings (SSSR count). The fraction of sp³-hybridized carbons (Fsp3) is 0.500. The summed E-state index contributed by atoms with van der Waals surface area (Å²) in [5, 5.41) is 6.99. The molecule has 7 heteroatoms. The Morgan fingerprint density at radius 3 is 2.48 bits per heavy atom. The van der Waals surface area contributed by atoms with Gasteiger partial charge in [-0.15, -0.1) is 0 Å². The van der Waals surface area contributed by atoms with Gasteiger partial charge in [0.1, 0.15) is 0 Å². The van der Waals surface area contributed by atoms with Crippen LogP contribution in [0.2, 0.25) is 0 Å². The zero-order valence-electron chi connectivity index (χ0n) is 13.5. The fourth-order valence-electron chi connectivity index (χ4n) is 2.17. The van der Waals surface area contributed by atoms with E-state index in [2.05, 4.69) is 15.5 Å². The molecule has 0 aliphatic rings. The summed E-state index contributed by atoms with van der Waals surface area (Å²) in [5.74, 6) is 0.831. The molecule has 0 saturated heterocycles. The molecule has 0 aliphatic carbocycles. The van der Waals surface area contributed by atoms with Gasteiger partial charge in [0.2, 0.25) is 5.89 Å². The van der Waals surface area contributed by atoms with Crippen LogP contribution in [0.1, 0.15) is 43.6 Å². The second kappa shape index (κ2) is 6.31. The molecule has 1 unspecified atom stereocenters. The number of hydrogen-bond donors (Lipinski definition) is 1. The molecule has 1 heterocycles. The number of hydrogen-bond acceptors (Lipinski definition) is 4. The minimum absolute atomic E-state index is 0.178. The number of rotatable bonds is 5. The Balaban J connectivity index is 2.31. The molecule has 0 spiro atoms. The van der Waals surface area contributed by atoms with Crippen LogP contribution in [0.5, 0.6) is 0 Å². The number of aromatic nitrogens is 2. The molecule has 23 heavy (non-hydrogen) atoms. The number of nitrogens with one attached hydrogen (secondary N) is 1. The first-order valence-corrected chi connectivity index (χ1v) is 7.32. The van der Waals surface area contributed by atoms with Crippen LogP contribution in [0.25, 0.3) is 0 Å². The van der Waals surface area contributed by atoms with Crippen molar-refractivity contribution in [2.24, 2.45) is 0 Å². The summed E-state index contributed by atoms with van der Waals surface area (Å²) in [6.45, 7) is 5.51. The van der Waals surface area contributed by atoms with Crippen LogP contribution in [0.15, 0.2) is 28.8 Å². The third-order valence-corrected chi connectivity index (χ3v) is 3.90. The van der Waals surface area contributed by atoms with Crippen molar-refractivity contribution in [3.8, 4) is 0 Å². The first-order chi connectivity index (χ1) is 10.6. The molecule has 1 atom stereocenters. The maximum absolute atomic E-state index is 12.9. The van der Waals surface area contributed by atoms with E-state index in [1.807, 2.05) is 14.0 Å². The molecular formula is C16H20F3N3O.